The Hall–Kier alpha value is -0.748. The maximum absolute atomic E-state index is 13.6. The van der Waals surface area contributed by atoms with Gasteiger partial charge in [-0.2, -0.15) is 0 Å². The average Bonchev–Trinajstić information content (AvgIpc) is 3.19. The van der Waals surface area contributed by atoms with E-state index in [1.165, 1.54) is 0 Å². The summed E-state index contributed by atoms with van der Waals surface area (Å²) >= 11 is 0. The Morgan fingerprint density at radius 2 is 1.61 bits per heavy atom. The fourth-order valence-electron chi connectivity index (χ4n) is 3.19. The van der Waals surface area contributed by atoms with Gasteiger partial charge in [0.1, 0.15) is 9.92 Å². The predicted molar refractivity (Wildman–Crippen MR) is 127 cm³/mol. The first-order valence-electron chi connectivity index (χ1n) is 10.8. The van der Waals surface area contributed by atoms with Crippen molar-refractivity contribution in [2.75, 3.05) is 13.2 Å². The summed E-state index contributed by atoms with van der Waals surface area (Å²) in [6.45, 7) is 19.5. The van der Waals surface area contributed by atoms with Crippen LogP contribution in [0, 0.1) is 0 Å². The van der Waals surface area contributed by atoms with Crippen LogP contribution in [-0.4, -0.2) is 44.0 Å². The smallest absolute Gasteiger partial charge is 0.399 e. The molecule has 1 unspecified atom stereocenters. The predicted octanol–water partition coefficient (Wildman–Crippen LogP) is 3.74. The van der Waals surface area contributed by atoms with Gasteiger partial charge in [-0.1, -0.05) is 26.8 Å². The number of hydrogen-bond acceptors (Lipinski definition) is 6. The lowest BCUT2D eigenvalue weighted by Gasteiger charge is -2.32. The Morgan fingerprint density at radius 3 is 2.10 bits per heavy atom. The highest BCUT2D eigenvalue weighted by molar-refractivity contribution is 7.92. The first-order chi connectivity index (χ1) is 14.0. The van der Waals surface area contributed by atoms with E-state index in [2.05, 4.69) is 33.9 Å². The van der Waals surface area contributed by atoms with Gasteiger partial charge in [0.2, 0.25) is 0 Å². The van der Waals surface area contributed by atoms with Crippen LogP contribution < -0.4 is 10.6 Å². The molecule has 31 heavy (non-hydrogen) atoms. The van der Waals surface area contributed by atoms with Gasteiger partial charge >= 0.3 is 7.12 Å². The third kappa shape index (κ3) is 4.80. The minimum Gasteiger partial charge on any atom is -0.399 e. The lowest BCUT2D eigenvalue weighted by atomic mass is 9.75. The number of nitrogens with zero attached hydrogens (tertiary/aromatic N) is 1. The molecule has 2 aliphatic rings. The summed E-state index contributed by atoms with van der Waals surface area (Å²) in [5.41, 5.74) is 0.544. The van der Waals surface area contributed by atoms with E-state index >= 15 is 0 Å². The van der Waals surface area contributed by atoms with Crippen molar-refractivity contribution >= 4 is 30.7 Å². The van der Waals surface area contributed by atoms with Crippen molar-refractivity contribution < 1.29 is 23.0 Å². The van der Waals surface area contributed by atoms with Gasteiger partial charge in [0.25, 0.3) is 0 Å². The van der Waals surface area contributed by atoms with E-state index in [4.69, 9.17) is 27.9 Å². The fourth-order valence-corrected chi connectivity index (χ4v) is 7.98. The van der Waals surface area contributed by atoms with Crippen LogP contribution in [-0.2, 0) is 28.7 Å². The molecular weight excluding hydrogens is 431 g/mol. The standard InChI is InChI=1S/C21H37BN2O5SSi/c1-19(2,3)31(8,9)24-30(23,25)15-10-11-17(16(14-15)18-26-12-13-27-18)22-28-20(4,5)21(6,7)29-22/h10-11,14,18H,12-13H2,1-9H3,(H2,23,24,25). The van der Waals surface area contributed by atoms with Crippen LogP contribution in [0.4, 0.5) is 0 Å². The van der Waals surface area contributed by atoms with Crippen LogP contribution in [0.15, 0.2) is 27.1 Å². The van der Waals surface area contributed by atoms with Crippen LogP contribution >= 0.6 is 0 Å². The number of benzene rings is 1. The average molecular weight is 469 g/mol. The largest absolute Gasteiger partial charge is 0.495 e. The Kier molecular flexibility index (Phi) is 6.37. The minimum atomic E-state index is -3.10. The van der Waals surface area contributed by atoms with Gasteiger partial charge in [0.05, 0.1) is 29.3 Å². The summed E-state index contributed by atoms with van der Waals surface area (Å²) in [6.07, 6.45) is -0.586. The first kappa shape index (κ1) is 24.9. The fraction of sp³-hybridized carbons (Fsp3) is 0.714. The van der Waals surface area contributed by atoms with Gasteiger partial charge in [-0.3, -0.25) is 4.03 Å². The molecule has 0 bridgehead atoms. The molecule has 2 aliphatic heterocycles. The highest BCUT2D eigenvalue weighted by Gasteiger charge is 2.52. The Morgan fingerprint density at radius 1 is 1.10 bits per heavy atom. The number of nitrogens with two attached hydrogens (primary N) is 1. The van der Waals surface area contributed by atoms with Crippen molar-refractivity contribution in [3.05, 3.63) is 23.8 Å². The maximum Gasteiger partial charge on any atom is 0.495 e. The summed E-state index contributed by atoms with van der Waals surface area (Å²) in [4.78, 5) is 0.465. The molecule has 2 N–H and O–H groups in total. The van der Waals surface area contributed by atoms with E-state index in [-0.39, 0.29) is 5.04 Å². The van der Waals surface area contributed by atoms with Gasteiger partial charge < -0.3 is 18.8 Å². The van der Waals surface area contributed by atoms with Crippen LogP contribution in [0.2, 0.25) is 18.1 Å². The van der Waals surface area contributed by atoms with Crippen LogP contribution in [0.1, 0.15) is 60.3 Å². The second-order valence-corrected chi connectivity index (χ2v) is 17.9. The Bertz CT molecular complexity index is 945. The van der Waals surface area contributed by atoms with Crippen molar-refractivity contribution in [1.82, 2.24) is 0 Å². The molecule has 1 aromatic carbocycles. The third-order valence-corrected chi connectivity index (χ3v) is 14.5. The lowest BCUT2D eigenvalue weighted by molar-refractivity contribution is -0.0436. The quantitative estimate of drug-likeness (QED) is 0.680. The van der Waals surface area contributed by atoms with Crippen LogP contribution in [0.3, 0.4) is 0 Å². The molecule has 2 heterocycles. The molecule has 0 amide bonds. The highest BCUT2D eigenvalue weighted by atomic mass is 32.2. The monoisotopic (exact) mass is 468 g/mol. The summed E-state index contributed by atoms with van der Waals surface area (Å²) < 4.78 is 42.3. The molecule has 3 rings (SSSR count). The summed E-state index contributed by atoms with van der Waals surface area (Å²) in [5, 5.41) is 6.26. The van der Waals surface area contributed by atoms with E-state index < -0.39 is 42.8 Å². The number of hydrogen-bond donors (Lipinski definition) is 1. The SMILES string of the molecule is CC1(C)OB(c2ccc(S(N)(=O)=N[Si](C)(C)C(C)(C)C)cc2C2OCCO2)OC1(C)C. The molecular formula is C21H37BN2O5SSi. The number of ether oxygens (including phenoxy) is 2. The molecule has 10 heteroatoms. The molecule has 1 aromatic rings. The van der Waals surface area contributed by atoms with E-state index in [9.17, 15) is 4.21 Å². The molecule has 0 spiro atoms. The van der Waals surface area contributed by atoms with Crippen molar-refractivity contribution in [2.45, 2.75) is 89.0 Å². The zero-order chi connectivity index (χ0) is 23.5. The summed E-state index contributed by atoms with van der Waals surface area (Å²) in [5.74, 6) is 0. The summed E-state index contributed by atoms with van der Waals surface area (Å²) in [7, 11) is -5.92. The summed E-state index contributed by atoms with van der Waals surface area (Å²) in [6, 6.07) is 5.40. The zero-order valence-corrected chi connectivity index (χ0v) is 22.1. The van der Waals surface area contributed by atoms with Gasteiger partial charge in [-0.15, -0.1) is 0 Å². The molecule has 0 aliphatic carbocycles. The maximum atomic E-state index is 13.6. The third-order valence-electron chi connectivity index (χ3n) is 6.98. The van der Waals surface area contributed by atoms with E-state index in [0.29, 0.717) is 18.1 Å². The van der Waals surface area contributed by atoms with Crippen molar-refractivity contribution in [3.8, 4) is 0 Å². The zero-order valence-electron chi connectivity index (χ0n) is 20.3. The van der Waals surface area contributed by atoms with E-state index in [1.807, 2.05) is 33.8 Å². The second-order valence-electron chi connectivity index (χ2n) is 10.9. The molecule has 0 radical (unpaired) electrons. The first-order valence-corrected chi connectivity index (χ1v) is 15.3. The normalized spacial score (nSPS) is 23.7. The molecule has 2 fully saturated rings. The Balaban J connectivity index is 2.09. The van der Waals surface area contributed by atoms with Crippen LogP contribution in [0.25, 0.3) is 0 Å². The topological polar surface area (TPSA) is 92.4 Å². The van der Waals surface area contributed by atoms with Gasteiger partial charge in [-0.05, 0) is 63.4 Å². The Labute approximate surface area is 188 Å². The lowest BCUT2D eigenvalue weighted by Crippen LogP contribution is -2.41. The number of rotatable bonds is 4. The van der Waals surface area contributed by atoms with Crippen LogP contribution in [0.5, 0.6) is 0 Å². The van der Waals surface area contributed by atoms with Crippen molar-refractivity contribution in [2.24, 2.45) is 9.17 Å². The van der Waals surface area contributed by atoms with Gasteiger partial charge in [-0.25, -0.2) is 9.35 Å². The molecule has 7 nitrogen and oxygen atoms in total. The van der Waals surface area contributed by atoms with Crippen molar-refractivity contribution in [3.63, 3.8) is 0 Å². The highest BCUT2D eigenvalue weighted by Crippen LogP contribution is 2.39. The molecule has 2 saturated heterocycles. The van der Waals surface area contributed by atoms with Gasteiger partial charge in [0, 0.05) is 5.56 Å². The van der Waals surface area contributed by atoms with Gasteiger partial charge in [0.15, 0.2) is 14.5 Å². The molecule has 174 valence electrons. The van der Waals surface area contributed by atoms with Crippen molar-refractivity contribution in [1.29, 1.82) is 0 Å². The minimum absolute atomic E-state index is 0.0713. The molecule has 1 atom stereocenters. The van der Waals surface area contributed by atoms with E-state index in [1.54, 1.807) is 12.1 Å². The second kappa shape index (κ2) is 7.93. The molecule has 0 saturated carbocycles. The molecule has 0 aromatic heterocycles. The van der Waals surface area contributed by atoms with E-state index in [0.717, 1.165) is 11.0 Å².